The van der Waals surface area contributed by atoms with Gasteiger partial charge in [0.15, 0.2) is 0 Å². The van der Waals surface area contributed by atoms with E-state index >= 15 is 0 Å². The third-order valence-electron chi connectivity index (χ3n) is 6.07. The minimum atomic E-state index is -0.245. The van der Waals surface area contributed by atoms with E-state index in [9.17, 15) is 9.18 Å². The first-order valence-corrected chi connectivity index (χ1v) is 11.7. The molecule has 1 aromatic heterocycles. The summed E-state index contributed by atoms with van der Waals surface area (Å²) in [4.78, 5) is 13.0. The van der Waals surface area contributed by atoms with Gasteiger partial charge in [0.2, 0.25) is 5.91 Å². The van der Waals surface area contributed by atoms with Crippen molar-refractivity contribution < 1.29 is 13.9 Å². The lowest BCUT2D eigenvalue weighted by Gasteiger charge is -2.20. The molecule has 0 saturated carbocycles. The van der Waals surface area contributed by atoms with E-state index in [1.165, 1.54) is 12.1 Å². The Hall–Kier alpha value is -3.60. The minimum Gasteiger partial charge on any atom is -0.496 e. The van der Waals surface area contributed by atoms with Crippen molar-refractivity contribution in [3.63, 3.8) is 0 Å². The van der Waals surface area contributed by atoms with E-state index in [-0.39, 0.29) is 17.6 Å². The van der Waals surface area contributed by atoms with E-state index in [1.54, 1.807) is 19.2 Å². The Morgan fingerprint density at radius 3 is 2.41 bits per heavy atom. The van der Waals surface area contributed by atoms with Crippen LogP contribution < -0.4 is 10.1 Å². The summed E-state index contributed by atoms with van der Waals surface area (Å²) in [6.45, 7) is 5.42. The summed E-state index contributed by atoms with van der Waals surface area (Å²) in [5.41, 5.74) is 4.14. The van der Waals surface area contributed by atoms with Gasteiger partial charge < -0.3 is 14.6 Å². The number of methoxy groups -OCH3 is 1. The van der Waals surface area contributed by atoms with Crippen molar-refractivity contribution in [3.05, 3.63) is 102 Å². The molecule has 4 aromatic rings. The lowest BCUT2D eigenvalue weighted by atomic mass is 9.87. The van der Waals surface area contributed by atoms with Crippen LogP contribution in [0.2, 0.25) is 0 Å². The van der Waals surface area contributed by atoms with Crippen LogP contribution in [0.25, 0.3) is 10.9 Å². The van der Waals surface area contributed by atoms with Gasteiger partial charge in [0, 0.05) is 48.1 Å². The minimum absolute atomic E-state index is 0.0139. The average molecular weight is 459 g/mol. The molecule has 3 aromatic carbocycles. The van der Waals surface area contributed by atoms with Crippen LogP contribution in [0, 0.1) is 11.7 Å². The normalized spacial score (nSPS) is 12.1. The van der Waals surface area contributed by atoms with Crippen molar-refractivity contribution in [3.8, 4) is 5.75 Å². The second kappa shape index (κ2) is 10.6. The summed E-state index contributed by atoms with van der Waals surface area (Å²) in [6.07, 6.45) is 2.44. The van der Waals surface area contributed by atoms with Gasteiger partial charge in [-0.2, -0.15) is 0 Å². The number of fused-ring (bicyclic) bond motifs is 1. The number of rotatable bonds is 9. The predicted molar refractivity (Wildman–Crippen MR) is 135 cm³/mol. The van der Waals surface area contributed by atoms with Crippen LogP contribution >= 0.6 is 0 Å². The maximum atomic E-state index is 13.4. The number of nitrogens with zero attached hydrogens (tertiary/aromatic N) is 1. The summed E-state index contributed by atoms with van der Waals surface area (Å²) in [7, 11) is 1.66. The molecule has 0 aliphatic heterocycles. The highest BCUT2D eigenvalue weighted by molar-refractivity contribution is 5.87. The number of hydrogen-bond acceptors (Lipinski definition) is 2. The molecule has 0 fully saturated rings. The summed E-state index contributed by atoms with van der Waals surface area (Å²) < 4.78 is 21.3. The van der Waals surface area contributed by atoms with E-state index in [0.717, 1.165) is 33.3 Å². The molecule has 0 aliphatic rings. The summed E-state index contributed by atoms with van der Waals surface area (Å²) >= 11 is 0. The fraction of sp³-hybridized carbons (Fsp3) is 0.276. The van der Waals surface area contributed by atoms with Gasteiger partial charge in [0.05, 0.1) is 7.11 Å². The fourth-order valence-corrected chi connectivity index (χ4v) is 4.39. The van der Waals surface area contributed by atoms with Crippen LogP contribution in [0.3, 0.4) is 0 Å². The molecule has 0 aliphatic carbocycles. The molecule has 176 valence electrons. The van der Waals surface area contributed by atoms with Crippen molar-refractivity contribution in [1.82, 2.24) is 9.88 Å². The average Bonchev–Trinajstić information content (AvgIpc) is 3.21. The monoisotopic (exact) mass is 458 g/mol. The van der Waals surface area contributed by atoms with Crippen LogP contribution in [0.1, 0.15) is 42.9 Å². The standard InChI is InChI=1S/C29H31FN2O2/c1-20(2)17-31-29(33)16-25(24-9-5-7-11-28(24)34-3)26-19-32(27-10-6-4-8-23(26)27)18-21-12-14-22(30)15-13-21/h4-15,19-20,25H,16-18H2,1-3H3,(H,31,33)/t25-/m1/s1. The molecule has 0 bridgehead atoms. The summed E-state index contributed by atoms with van der Waals surface area (Å²) in [5, 5.41) is 4.16. The molecule has 0 radical (unpaired) electrons. The van der Waals surface area contributed by atoms with Crippen LogP contribution in [0.15, 0.2) is 79.0 Å². The zero-order valence-corrected chi connectivity index (χ0v) is 19.9. The molecular weight excluding hydrogens is 427 g/mol. The molecule has 4 nitrogen and oxygen atoms in total. The Morgan fingerprint density at radius 2 is 1.68 bits per heavy atom. The molecule has 0 spiro atoms. The molecule has 0 unspecified atom stereocenters. The van der Waals surface area contributed by atoms with Gasteiger partial charge in [0.25, 0.3) is 0 Å². The van der Waals surface area contributed by atoms with Gasteiger partial charge in [-0.3, -0.25) is 4.79 Å². The first-order valence-electron chi connectivity index (χ1n) is 11.7. The maximum Gasteiger partial charge on any atom is 0.220 e. The van der Waals surface area contributed by atoms with Crippen molar-refractivity contribution in [2.75, 3.05) is 13.7 Å². The Morgan fingerprint density at radius 1 is 0.971 bits per heavy atom. The zero-order chi connectivity index (χ0) is 24.1. The number of carbonyl (C=O) groups excluding carboxylic acids is 1. The topological polar surface area (TPSA) is 43.3 Å². The van der Waals surface area contributed by atoms with Gasteiger partial charge in [-0.15, -0.1) is 0 Å². The Bertz CT molecular complexity index is 1260. The van der Waals surface area contributed by atoms with E-state index < -0.39 is 0 Å². The fourth-order valence-electron chi connectivity index (χ4n) is 4.39. The van der Waals surface area contributed by atoms with Gasteiger partial charge in [-0.05, 0) is 41.3 Å². The number of carbonyl (C=O) groups is 1. The molecule has 1 N–H and O–H groups in total. The number of hydrogen-bond donors (Lipinski definition) is 1. The van der Waals surface area contributed by atoms with E-state index in [0.29, 0.717) is 25.4 Å². The Kier molecular flexibility index (Phi) is 7.31. The van der Waals surface area contributed by atoms with Gasteiger partial charge in [-0.25, -0.2) is 4.39 Å². The third-order valence-corrected chi connectivity index (χ3v) is 6.07. The number of benzene rings is 3. The van der Waals surface area contributed by atoms with E-state index in [4.69, 9.17) is 4.74 Å². The van der Waals surface area contributed by atoms with Crippen LogP contribution in [-0.4, -0.2) is 24.1 Å². The lowest BCUT2D eigenvalue weighted by molar-refractivity contribution is -0.121. The smallest absolute Gasteiger partial charge is 0.220 e. The summed E-state index contributed by atoms with van der Waals surface area (Å²) in [6, 6.07) is 22.7. The van der Waals surface area contributed by atoms with E-state index in [2.05, 4.69) is 42.1 Å². The highest BCUT2D eigenvalue weighted by atomic mass is 19.1. The highest BCUT2D eigenvalue weighted by Crippen LogP contribution is 2.38. The molecule has 4 rings (SSSR count). The first-order chi connectivity index (χ1) is 16.5. The second-order valence-electron chi connectivity index (χ2n) is 9.05. The van der Waals surface area contributed by atoms with Crippen LogP contribution in [0.4, 0.5) is 4.39 Å². The van der Waals surface area contributed by atoms with Crippen molar-refractivity contribution >= 4 is 16.8 Å². The Balaban J connectivity index is 1.78. The molecule has 1 atom stereocenters. The SMILES string of the molecule is COc1ccccc1[C@@H](CC(=O)NCC(C)C)c1cn(Cc2ccc(F)cc2)c2ccccc12. The maximum absolute atomic E-state index is 13.4. The number of halogens is 1. The lowest BCUT2D eigenvalue weighted by Crippen LogP contribution is -2.28. The van der Waals surface area contributed by atoms with Crippen LogP contribution in [0.5, 0.6) is 5.75 Å². The second-order valence-corrected chi connectivity index (χ2v) is 9.05. The van der Waals surface area contributed by atoms with Crippen LogP contribution in [-0.2, 0) is 11.3 Å². The predicted octanol–water partition coefficient (Wildman–Crippen LogP) is 6.13. The van der Waals surface area contributed by atoms with Gasteiger partial charge in [-0.1, -0.05) is 62.4 Å². The largest absolute Gasteiger partial charge is 0.496 e. The Labute approximate surface area is 200 Å². The van der Waals surface area contributed by atoms with Gasteiger partial charge >= 0.3 is 0 Å². The summed E-state index contributed by atoms with van der Waals surface area (Å²) in [5.74, 6) is 0.735. The number of aromatic nitrogens is 1. The number of ether oxygens (including phenoxy) is 1. The zero-order valence-electron chi connectivity index (χ0n) is 19.9. The molecule has 1 heterocycles. The molecule has 1 amide bonds. The number of nitrogens with one attached hydrogen (secondary N) is 1. The number of para-hydroxylation sites is 2. The third kappa shape index (κ3) is 5.30. The van der Waals surface area contributed by atoms with Crippen molar-refractivity contribution in [2.24, 2.45) is 5.92 Å². The van der Waals surface area contributed by atoms with E-state index in [1.807, 2.05) is 36.4 Å². The van der Waals surface area contributed by atoms with Gasteiger partial charge in [0.1, 0.15) is 11.6 Å². The first kappa shape index (κ1) is 23.6. The molecule has 5 heteroatoms. The quantitative estimate of drug-likeness (QED) is 0.328. The van der Waals surface area contributed by atoms with Crippen molar-refractivity contribution in [1.29, 1.82) is 0 Å². The molecule has 34 heavy (non-hydrogen) atoms. The van der Waals surface area contributed by atoms with Crippen molar-refractivity contribution in [2.45, 2.75) is 32.7 Å². The number of amides is 1. The molecular formula is C29H31FN2O2. The highest BCUT2D eigenvalue weighted by Gasteiger charge is 2.25. The molecule has 0 saturated heterocycles.